The Kier molecular flexibility index (Phi) is 4.63. The maximum absolute atomic E-state index is 9.61. The molecule has 0 fully saturated rings. The van der Waals surface area contributed by atoms with Crippen molar-refractivity contribution >= 4 is 0 Å². The summed E-state index contributed by atoms with van der Waals surface area (Å²) in [6.45, 7) is 4.15. The van der Waals surface area contributed by atoms with Gasteiger partial charge in [-0.1, -0.05) is 18.6 Å². The average molecular weight is 208 g/mol. The van der Waals surface area contributed by atoms with E-state index < -0.39 is 0 Å². The fourth-order valence-electron chi connectivity index (χ4n) is 1.81. The molecule has 84 valence electrons. The van der Waals surface area contributed by atoms with Crippen molar-refractivity contribution < 1.29 is 10.2 Å². The number of hydrogen-bond donors (Lipinski definition) is 2. The van der Waals surface area contributed by atoms with Gasteiger partial charge in [-0.15, -0.1) is 0 Å². The molecule has 1 rings (SSSR count). The molecule has 0 atom stereocenters. The minimum absolute atomic E-state index is 0.285. The van der Waals surface area contributed by atoms with Crippen molar-refractivity contribution in [1.82, 2.24) is 0 Å². The summed E-state index contributed by atoms with van der Waals surface area (Å²) in [5.74, 6) is 0.411. The minimum Gasteiger partial charge on any atom is -0.507 e. The highest BCUT2D eigenvalue weighted by Crippen LogP contribution is 2.23. The molecule has 1 aromatic rings. The highest BCUT2D eigenvalue weighted by atomic mass is 16.3. The standard InChI is InChI=1S/C13H20O2/c1-10-8-12(6-4-3-5-7-14)9-11(2)13(10)15/h8-9,14-15H,3-7H2,1-2H3. The van der Waals surface area contributed by atoms with Crippen molar-refractivity contribution in [3.63, 3.8) is 0 Å². The predicted molar refractivity (Wildman–Crippen MR) is 62.2 cm³/mol. The van der Waals surface area contributed by atoms with Gasteiger partial charge in [0.2, 0.25) is 0 Å². The lowest BCUT2D eigenvalue weighted by molar-refractivity contribution is 0.283. The molecule has 0 heterocycles. The number of rotatable bonds is 5. The monoisotopic (exact) mass is 208 g/mol. The molecule has 0 radical (unpaired) electrons. The van der Waals surface area contributed by atoms with Gasteiger partial charge in [0.15, 0.2) is 0 Å². The van der Waals surface area contributed by atoms with Gasteiger partial charge in [-0.2, -0.15) is 0 Å². The molecule has 0 spiro atoms. The topological polar surface area (TPSA) is 40.5 Å². The summed E-state index contributed by atoms with van der Waals surface area (Å²) in [5, 5.41) is 18.3. The molecule has 0 aromatic heterocycles. The van der Waals surface area contributed by atoms with Gasteiger partial charge in [-0.25, -0.2) is 0 Å². The second-order valence-electron chi connectivity index (χ2n) is 4.11. The molecule has 0 bridgehead atoms. The molecule has 1 aromatic carbocycles. The van der Waals surface area contributed by atoms with E-state index in [1.54, 1.807) is 0 Å². The lowest BCUT2D eigenvalue weighted by Gasteiger charge is -2.07. The van der Waals surface area contributed by atoms with Crippen LogP contribution in [-0.2, 0) is 6.42 Å². The van der Waals surface area contributed by atoms with E-state index in [4.69, 9.17) is 5.11 Å². The lowest BCUT2D eigenvalue weighted by atomic mass is 10.0. The third-order valence-electron chi connectivity index (χ3n) is 2.67. The number of unbranched alkanes of at least 4 members (excludes halogenated alkanes) is 2. The fourth-order valence-corrected chi connectivity index (χ4v) is 1.81. The Bertz CT molecular complexity index is 295. The van der Waals surface area contributed by atoms with Crippen LogP contribution < -0.4 is 0 Å². The Morgan fingerprint density at radius 1 is 1.00 bits per heavy atom. The summed E-state index contributed by atoms with van der Waals surface area (Å²) in [5.41, 5.74) is 3.18. The largest absolute Gasteiger partial charge is 0.507 e. The van der Waals surface area contributed by atoms with Gasteiger partial charge in [0.1, 0.15) is 5.75 Å². The van der Waals surface area contributed by atoms with Crippen LogP contribution in [0.4, 0.5) is 0 Å². The van der Waals surface area contributed by atoms with Crippen molar-refractivity contribution in [3.8, 4) is 5.75 Å². The van der Waals surface area contributed by atoms with Crippen LogP contribution in [0, 0.1) is 13.8 Å². The first-order chi connectivity index (χ1) is 7.15. The molecule has 2 nitrogen and oxygen atoms in total. The number of hydrogen-bond acceptors (Lipinski definition) is 2. The highest BCUT2D eigenvalue weighted by molar-refractivity contribution is 5.42. The van der Waals surface area contributed by atoms with E-state index in [1.165, 1.54) is 5.56 Å². The van der Waals surface area contributed by atoms with Gasteiger partial charge in [0.25, 0.3) is 0 Å². The first-order valence-electron chi connectivity index (χ1n) is 5.55. The number of aromatic hydroxyl groups is 1. The van der Waals surface area contributed by atoms with Gasteiger partial charge >= 0.3 is 0 Å². The summed E-state index contributed by atoms with van der Waals surface area (Å²) in [4.78, 5) is 0. The molecular formula is C13H20O2. The summed E-state index contributed by atoms with van der Waals surface area (Å²) in [6, 6.07) is 4.09. The van der Waals surface area contributed by atoms with E-state index >= 15 is 0 Å². The Morgan fingerprint density at radius 2 is 1.60 bits per heavy atom. The summed E-state index contributed by atoms with van der Waals surface area (Å²) in [7, 11) is 0. The third-order valence-corrected chi connectivity index (χ3v) is 2.67. The number of aliphatic hydroxyl groups is 1. The molecular weight excluding hydrogens is 188 g/mol. The molecule has 0 aliphatic carbocycles. The summed E-state index contributed by atoms with van der Waals surface area (Å²) < 4.78 is 0. The van der Waals surface area contributed by atoms with Gasteiger partial charge < -0.3 is 10.2 Å². The van der Waals surface area contributed by atoms with Crippen LogP contribution in [0.3, 0.4) is 0 Å². The van der Waals surface area contributed by atoms with E-state index in [-0.39, 0.29) is 6.61 Å². The summed E-state index contributed by atoms with van der Waals surface area (Å²) >= 11 is 0. The molecule has 0 amide bonds. The Labute approximate surface area is 91.6 Å². The van der Waals surface area contributed by atoms with Crippen LogP contribution in [0.5, 0.6) is 5.75 Å². The normalized spacial score (nSPS) is 10.6. The van der Waals surface area contributed by atoms with Gasteiger partial charge in [-0.3, -0.25) is 0 Å². The van der Waals surface area contributed by atoms with Crippen molar-refractivity contribution in [3.05, 3.63) is 28.8 Å². The summed E-state index contributed by atoms with van der Waals surface area (Å²) in [6.07, 6.45) is 4.08. The van der Waals surface area contributed by atoms with E-state index in [1.807, 2.05) is 26.0 Å². The van der Waals surface area contributed by atoms with E-state index in [0.29, 0.717) is 5.75 Å². The molecule has 2 heteroatoms. The van der Waals surface area contributed by atoms with Crippen LogP contribution >= 0.6 is 0 Å². The molecule has 15 heavy (non-hydrogen) atoms. The number of phenols is 1. The average Bonchev–Trinajstić information content (AvgIpc) is 2.21. The van der Waals surface area contributed by atoms with Crippen LogP contribution in [0.1, 0.15) is 36.0 Å². The van der Waals surface area contributed by atoms with Crippen molar-refractivity contribution in [2.24, 2.45) is 0 Å². The van der Waals surface area contributed by atoms with Gasteiger partial charge in [-0.05, 0) is 49.8 Å². The van der Waals surface area contributed by atoms with E-state index in [0.717, 1.165) is 36.8 Å². The maximum Gasteiger partial charge on any atom is 0.121 e. The number of benzene rings is 1. The molecule has 0 saturated heterocycles. The van der Waals surface area contributed by atoms with E-state index in [2.05, 4.69) is 0 Å². The quantitative estimate of drug-likeness (QED) is 0.730. The second kappa shape index (κ2) is 5.76. The zero-order valence-electron chi connectivity index (χ0n) is 9.58. The number of aliphatic hydroxyl groups excluding tert-OH is 1. The van der Waals surface area contributed by atoms with Crippen molar-refractivity contribution in [2.75, 3.05) is 6.61 Å². The van der Waals surface area contributed by atoms with Crippen LogP contribution in [0.2, 0.25) is 0 Å². The van der Waals surface area contributed by atoms with Crippen LogP contribution in [0.25, 0.3) is 0 Å². The fraction of sp³-hybridized carbons (Fsp3) is 0.538. The second-order valence-corrected chi connectivity index (χ2v) is 4.11. The third kappa shape index (κ3) is 3.56. The predicted octanol–water partition coefficient (Wildman–Crippen LogP) is 2.71. The Balaban J connectivity index is 2.55. The van der Waals surface area contributed by atoms with Crippen LogP contribution in [-0.4, -0.2) is 16.8 Å². The zero-order chi connectivity index (χ0) is 11.3. The molecule has 0 aliphatic rings. The number of phenolic OH excluding ortho intramolecular Hbond substituents is 1. The lowest BCUT2D eigenvalue weighted by Crippen LogP contribution is -1.91. The number of aryl methyl sites for hydroxylation is 3. The first-order valence-corrected chi connectivity index (χ1v) is 5.55. The maximum atomic E-state index is 9.61. The molecule has 0 unspecified atom stereocenters. The molecule has 0 saturated carbocycles. The van der Waals surface area contributed by atoms with Crippen LogP contribution in [0.15, 0.2) is 12.1 Å². The molecule has 0 aliphatic heterocycles. The minimum atomic E-state index is 0.285. The first kappa shape index (κ1) is 12.1. The zero-order valence-corrected chi connectivity index (χ0v) is 9.58. The smallest absolute Gasteiger partial charge is 0.121 e. The van der Waals surface area contributed by atoms with Gasteiger partial charge in [0.05, 0.1) is 0 Å². The highest BCUT2D eigenvalue weighted by Gasteiger charge is 2.02. The molecule has 2 N–H and O–H groups in total. The Morgan fingerprint density at radius 3 is 2.13 bits per heavy atom. The Hall–Kier alpha value is -1.02. The van der Waals surface area contributed by atoms with Crippen molar-refractivity contribution in [2.45, 2.75) is 39.5 Å². The van der Waals surface area contributed by atoms with Gasteiger partial charge in [0, 0.05) is 6.61 Å². The SMILES string of the molecule is Cc1cc(CCCCCO)cc(C)c1O. The van der Waals surface area contributed by atoms with E-state index in [9.17, 15) is 5.11 Å². The van der Waals surface area contributed by atoms with Crippen molar-refractivity contribution in [1.29, 1.82) is 0 Å².